The summed E-state index contributed by atoms with van der Waals surface area (Å²) in [5, 5.41) is 3.71. The Bertz CT molecular complexity index is 1150. The number of ether oxygens (including phenoxy) is 1. The highest BCUT2D eigenvalue weighted by Gasteiger charge is 2.35. The van der Waals surface area contributed by atoms with Crippen LogP contribution in [0.4, 0.5) is 8.78 Å². The number of nitrogens with one attached hydrogen (secondary N) is 2. The Morgan fingerprint density at radius 2 is 2.10 bits per heavy atom. The van der Waals surface area contributed by atoms with E-state index in [0.717, 1.165) is 12.1 Å². The van der Waals surface area contributed by atoms with Gasteiger partial charge in [-0.05, 0) is 23.8 Å². The van der Waals surface area contributed by atoms with Gasteiger partial charge in [0.05, 0.1) is 11.1 Å². The summed E-state index contributed by atoms with van der Waals surface area (Å²) in [5.74, 6) is -2.43. The average Bonchev–Trinajstić information content (AvgIpc) is 3.11. The first kappa shape index (κ1) is 21.2. The smallest absolute Gasteiger partial charge is 0.268 e. The minimum Gasteiger partial charge on any atom is -0.378 e. The number of carbonyl (C=O) groups is 2. The van der Waals surface area contributed by atoms with Crippen molar-refractivity contribution < 1.29 is 23.1 Å². The molecule has 0 bridgehead atoms. The Kier molecular flexibility index (Phi) is 5.88. The molecule has 1 atom stereocenters. The summed E-state index contributed by atoms with van der Waals surface area (Å²) in [4.78, 5) is 34.3. The summed E-state index contributed by atoms with van der Waals surface area (Å²) >= 11 is 5.93. The van der Waals surface area contributed by atoms with Crippen LogP contribution in [-0.4, -0.2) is 59.0 Å². The van der Waals surface area contributed by atoms with Gasteiger partial charge in [0.1, 0.15) is 29.0 Å². The summed E-state index contributed by atoms with van der Waals surface area (Å²) in [6, 6.07) is 5.29. The van der Waals surface area contributed by atoms with Crippen molar-refractivity contribution in [2.75, 3.05) is 20.2 Å². The molecule has 31 heavy (non-hydrogen) atoms. The first-order chi connectivity index (χ1) is 14.8. The molecule has 1 saturated heterocycles. The average molecular weight is 449 g/mol. The van der Waals surface area contributed by atoms with Crippen molar-refractivity contribution in [1.29, 1.82) is 0 Å². The molecule has 0 spiro atoms. The van der Waals surface area contributed by atoms with Crippen molar-refractivity contribution in [2.24, 2.45) is 0 Å². The van der Waals surface area contributed by atoms with E-state index < -0.39 is 23.6 Å². The highest BCUT2D eigenvalue weighted by Crippen LogP contribution is 2.19. The number of rotatable bonds is 6. The van der Waals surface area contributed by atoms with Crippen LogP contribution < -0.4 is 5.32 Å². The number of nitrogens with zero attached hydrogens (tertiary/aromatic N) is 2. The molecule has 0 saturated carbocycles. The van der Waals surface area contributed by atoms with E-state index >= 15 is 0 Å². The lowest BCUT2D eigenvalue weighted by molar-refractivity contribution is -0.145. The third-order valence-corrected chi connectivity index (χ3v) is 5.42. The summed E-state index contributed by atoms with van der Waals surface area (Å²) < 4.78 is 32.6. The normalized spacial score (nSPS) is 15.0. The highest BCUT2D eigenvalue weighted by atomic mass is 35.5. The van der Waals surface area contributed by atoms with Crippen LogP contribution in [0.25, 0.3) is 11.0 Å². The zero-order valence-electron chi connectivity index (χ0n) is 16.5. The number of benzene rings is 1. The quantitative estimate of drug-likeness (QED) is 0.607. The van der Waals surface area contributed by atoms with Crippen molar-refractivity contribution in [3.05, 3.63) is 64.4 Å². The lowest BCUT2D eigenvalue weighted by atomic mass is 10.0. The summed E-state index contributed by atoms with van der Waals surface area (Å²) in [7, 11) is 1.55. The highest BCUT2D eigenvalue weighted by molar-refractivity contribution is 6.31. The third-order valence-electron chi connectivity index (χ3n) is 5.22. The Labute approximate surface area is 181 Å². The maximum Gasteiger partial charge on any atom is 0.268 e. The van der Waals surface area contributed by atoms with Crippen molar-refractivity contribution in [2.45, 2.75) is 18.6 Å². The number of aromatic amines is 1. The van der Waals surface area contributed by atoms with Gasteiger partial charge in [0.25, 0.3) is 5.91 Å². The molecular formula is C21H19ClF2N4O3. The molecule has 162 valence electrons. The van der Waals surface area contributed by atoms with Gasteiger partial charge in [0, 0.05) is 44.3 Å². The van der Waals surface area contributed by atoms with Gasteiger partial charge in [-0.1, -0.05) is 17.7 Å². The molecule has 2 N–H and O–H groups in total. The van der Waals surface area contributed by atoms with Gasteiger partial charge in [-0.2, -0.15) is 0 Å². The van der Waals surface area contributed by atoms with E-state index in [1.54, 1.807) is 19.2 Å². The molecule has 10 heteroatoms. The number of H-pyrrole nitrogens is 1. The molecule has 4 rings (SSSR count). The van der Waals surface area contributed by atoms with Crippen LogP contribution in [0.5, 0.6) is 0 Å². The van der Waals surface area contributed by atoms with Gasteiger partial charge in [-0.3, -0.25) is 9.59 Å². The topological polar surface area (TPSA) is 87.3 Å². The number of amides is 2. The summed E-state index contributed by atoms with van der Waals surface area (Å²) in [6.45, 7) is 0.755. The van der Waals surface area contributed by atoms with Crippen molar-refractivity contribution in [1.82, 2.24) is 20.2 Å². The maximum absolute atomic E-state index is 14.2. The molecule has 1 fully saturated rings. The zero-order chi connectivity index (χ0) is 22.1. The van der Waals surface area contributed by atoms with Crippen molar-refractivity contribution in [3.63, 3.8) is 0 Å². The molecule has 2 aromatic heterocycles. The predicted octanol–water partition coefficient (Wildman–Crippen LogP) is 2.69. The van der Waals surface area contributed by atoms with Gasteiger partial charge in [-0.15, -0.1) is 0 Å². The van der Waals surface area contributed by atoms with E-state index in [0.29, 0.717) is 29.1 Å². The molecule has 1 aromatic carbocycles. The standard InChI is InChI=1S/C21H19ClF2N4O3/c1-31-15-9-28(10-15)21(30)18(5-11-2-3-14(23)7-16(11)24)27-20(29)17-6-12-4-13(22)8-25-19(12)26-17/h2-4,6-8,15,18H,5,9-10H2,1H3,(H,25,26)(H,27,29)/t18-/m0/s1. The fourth-order valence-corrected chi connectivity index (χ4v) is 3.61. The molecule has 0 unspecified atom stereocenters. The van der Waals surface area contributed by atoms with Crippen LogP contribution in [-0.2, 0) is 16.0 Å². The maximum atomic E-state index is 14.2. The first-order valence-corrected chi connectivity index (χ1v) is 9.92. The fraction of sp³-hybridized carbons (Fsp3) is 0.286. The lowest BCUT2D eigenvalue weighted by Gasteiger charge is -2.40. The van der Waals surface area contributed by atoms with Crippen LogP contribution in [0.2, 0.25) is 5.02 Å². The predicted molar refractivity (Wildman–Crippen MR) is 110 cm³/mol. The van der Waals surface area contributed by atoms with E-state index in [2.05, 4.69) is 15.3 Å². The second kappa shape index (κ2) is 8.60. The number of pyridine rings is 1. The third kappa shape index (κ3) is 4.52. The Hall–Kier alpha value is -3.04. The zero-order valence-corrected chi connectivity index (χ0v) is 17.2. The molecule has 2 amide bonds. The van der Waals surface area contributed by atoms with Gasteiger partial charge < -0.3 is 19.9 Å². The SMILES string of the molecule is COC1CN(C(=O)[C@H](Cc2ccc(F)cc2F)NC(=O)c2cc3cc(Cl)cnc3[nH]2)C1. The number of methoxy groups -OCH3 is 1. The summed E-state index contributed by atoms with van der Waals surface area (Å²) in [6.07, 6.45) is 1.24. The van der Waals surface area contributed by atoms with Crippen molar-refractivity contribution in [3.8, 4) is 0 Å². The molecule has 1 aliphatic heterocycles. The van der Waals surface area contributed by atoms with Crippen LogP contribution in [0.1, 0.15) is 16.1 Å². The number of hydrogen-bond donors (Lipinski definition) is 2. The van der Waals surface area contributed by atoms with Crippen LogP contribution in [0.3, 0.4) is 0 Å². The molecule has 3 aromatic rings. The van der Waals surface area contributed by atoms with Crippen molar-refractivity contribution >= 4 is 34.4 Å². The summed E-state index contributed by atoms with van der Waals surface area (Å²) in [5.41, 5.74) is 0.766. The van der Waals surface area contributed by atoms with Gasteiger partial charge in [-0.25, -0.2) is 13.8 Å². The molecule has 7 nitrogen and oxygen atoms in total. The van der Waals surface area contributed by atoms with E-state index in [1.807, 2.05) is 0 Å². The van der Waals surface area contributed by atoms with Gasteiger partial charge >= 0.3 is 0 Å². The van der Waals surface area contributed by atoms with Crippen LogP contribution >= 0.6 is 11.6 Å². The number of halogens is 3. The number of hydrogen-bond acceptors (Lipinski definition) is 4. The minimum atomic E-state index is -1.05. The van der Waals surface area contributed by atoms with Crippen LogP contribution in [0, 0.1) is 11.6 Å². The molecule has 0 aliphatic carbocycles. The molecule has 0 radical (unpaired) electrons. The molecular weight excluding hydrogens is 430 g/mol. The number of fused-ring (bicyclic) bond motifs is 1. The number of likely N-dealkylation sites (tertiary alicyclic amines) is 1. The Morgan fingerprint density at radius 3 is 2.81 bits per heavy atom. The molecule has 3 heterocycles. The Balaban J connectivity index is 1.56. The largest absolute Gasteiger partial charge is 0.378 e. The van der Waals surface area contributed by atoms with E-state index in [4.69, 9.17) is 16.3 Å². The second-order valence-corrected chi connectivity index (χ2v) is 7.78. The van der Waals surface area contributed by atoms with E-state index in [1.165, 1.54) is 17.2 Å². The number of aromatic nitrogens is 2. The fourth-order valence-electron chi connectivity index (χ4n) is 3.44. The van der Waals surface area contributed by atoms with Gasteiger partial charge in [0.2, 0.25) is 5.91 Å². The van der Waals surface area contributed by atoms with E-state index in [9.17, 15) is 18.4 Å². The minimum absolute atomic E-state index is 0.0765. The van der Waals surface area contributed by atoms with E-state index in [-0.39, 0.29) is 29.7 Å². The monoisotopic (exact) mass is 448 g/mol. The lowest BCUT2D eigenvalue weighted by Crippen LogP contribution is -2.60. The van der Waals surface area contributed by atoms with Gasteiger partial charge in [0.15, 0.2) is 0 Å². The molecule has 1 aliphatic rings. The second-order valence-electron chi connectivity index (χ2n) is 7.34. The number of carbonyl (C=O) groups excluding carboxylic acids is 2. The Morgan fingerprint density at radius 1 is 1.32 bits per heavy atom. The van der Waals surface area contributed by atoms with Crippen LogP contribution in [0.15, 0.2) is 36.5 Å². The first-order valence-electron chi connectivity index (χ1n) is 9.54.